The zero-order valence-electron chi connectivity index (χ0n) is 10.7. The van der Waals surface area contributed by atoms with E-state index >= 15 is 0 Å². The maximum atomic E-state index is 14.4. The summed E-state index contributed by atoms with van der Waals surface area (Å²) in [6.07, 6.45) is -0.762. The van der Waals surface area contributed by atoms with Crippen LogP contribution in [0.3, 0.4) is 0 Å². The average molecular weight is 294 g/mol. The second-order valence-corrected chi connectivity index (χ2v) is 4.48. The third kappa shape index (κ3) is 2.88. The molecule has 1 aromatic rings. The highest BCUT2D eigenvalue weighted by Gasteiger charge is 2.45. The van der Waals surface area contributed by atoms with Gasteiger partial charge in [-0.3, -0.25) is 19.7 Å². The molecule has 0 bridgehead atoms. The van der Waals surface area contributed by atoms with Gasteiger partial charge in [-0.15, -0.1) is 0 Å². The number of piperidine rings is 1. The first-order valence-corrected chi connectivity index (χ1v) is 6.01. The Labute approximate surface area is 118 Å². The summed E-state index contributed by atoms with van der Waals surface area (Å²) in [5.41, 5.74) is -0.586. The number of alkyl halides is 1. The Morgan fingerprint density at radius 2 is 1.86 bits per heavy atom. The van der Waals surface area contributed by atoms with Crippen molar-refractivity contribution in [2.45, 2.75) is 18.6 Å². The Hall–Kier alpha value is -2.77. The van der Waals surface area contributed by atoms with E-state index in [-0.39, 0.29) is 17.5 Å². The lowest BCUT2D eigenvalue weighted by molar-refractivity contribution is -0.145. The Morgan fingerprint density at radius 3 is 2.43 bits per heavy atom. The first-order chi connectivity index (χ1) is 9.83. The third-order valence-corrected chi connectivity index (χ3v) is 3.02. The Bertz CT molecular complexity index is 645. The number of carbonyl (C=O) groups is 4. The van der Waals surface area contributed by atoms with E-state index in [1.165, 1.54) is 24.3 Å². The van der Waals surface area contributed by atoms with Crippen LogP contribution in [0.15, 0.2) is 24.3 Å². The number of carboxylic acid groups (broad SMARTS) is 1. The Balaban J connectivity index is 2.24. The Kier molecular flexibility index (Phi) is 3.70. The zero-order valence-corrected chi connectivity index (χ0v) is 10.7. The van der Waals surface area contributed by atoms with Gasteiger partial charge in [-0.2, -0.15) is 0 Å². The first kappa shape index (κ1) is 14.6. The minimum absolute atomic E-state index is 0.261. The van der Waals surface area contributed by atoms with Gasteiger partial charge in [0.2, 0.25) is 5.91 Å². The maximum absolute atomic E-state index is 14.4. The predicted octanol–water partition coefficient (Wildman–Crippen LogP) is 0.217. The van der Waals surface area contributed by atoms with Gasteiger partial charge in [0.15, 0.2) is 0 Å². The summed E-state index contributed by atoms with van der Waals surface area (Å²) in [4.78, 5) is 45.4. The lowest BCUT2D eigenvalue weighted by atomic mass is 10.0. The van der Waals surface area contributed by atoms with Crippen LogP contribution in [0.5, 0.6) is 0 Å². The van der Waals surface area contributed by atoms with Crippen LogP contribution in [0, 0.1) is 0 Å². The smallest absolute Gasteiger partial charge is 0.336 e. The molecule has 7 nitrogen and oxygen atoms in total. The van der Waals surface area contributed by atoms with Crippen LogP contribution in [0.25, 0.3) is 0 Å². The number of aromatic carboxylic acids is 1. The van der Waals surface area contributed by atoms with Gasteiger partial charge in [-0.25, -0.2) is 9.18 Å². The van der Waals surface area contributed by atoms with E-state index in [1.807, 2.05) is 5.32 Å². The van der Waals surface area contributed by atoms with E-state index in [0.717, 1.165) is 0 Å². The fourth-order valence-corrected chi connectivity index (χ4v) is 1.92. The van der Waals surface area contributed by atoms with Crippen LogP contribution in [-0.2, 0) is 9.59 Å². The molecule has 0 aromatic heterocycles. The summed E-state index contributed by atoms with van der Waals surface area (Å²) in [6, 6.07) is 5.22. The molecule has 1 aliphatic rings. The van der Waals surface area contributed by atoms with E-state index in [4.69, 9.17) is 5.11 Å². The van der Waals surface area contributed by atoms with Crippen LogP contribution in [-0.4, -0.2) is 34.6 Å². The van der Waals surface area contributed by atoms with Crippen LogP contribution in [0.2, 0.25) is 0 Å². The molecule has 0 radical (unpaired) electrons. The fourth-order valence-electron chi connectivity index (χ4n) is 1.92. The number of nitrogens with one attached hydrogen (secondary N) is 2. The van der Waals surface area contributed by atoms with E-state index in [9.17, 15) is 23.6 Å². The van der Waals surface area contributed by atoms with Crippen molar-refractivity contribution in [2.24, 2.45) is 0 Å². The van der Waals surface area contributed by atoms with Crippen LogP contribution < -0.4 is 10.6 Å². The number of amides is 3. The number of halogens is 1. The lowest BCUT2D eigenvalue weighted by Gasteiger charge is -2.28. The molecule has 2 rings (SSSR count). The molecule has 1 unspecified atom stereocenters. The Morgan fingerprint density at radius 1 is 1.24 bits per heavy atom. The molecule has 0 spiro atoms. The van der Waals surface area contributed by atoms with Gasteiger partial charge in [0.25, 0.3) is 17.6 Å². The van der Waals surface area contributed by atoms with Crippen molar-refractivity contribution in [3.8, 4) is 0 Å². The molecule has 1 aliphatic heterocycles. The molecule has 1 saturated heterocycles. The standard InChI is InChI=1S/C13H11FN2O5/c14-13(6-5-9(17)15-12(13)21)16-10(18)7-3-1-2-4-8(7)11(19)20/h1-4H,5-6H2,(H,16,18)(H,19,20)(H,15,17,21). The molecule has 110 valence electrons. The molecule has 1 atom stereocenters. The fraction of sp³-hybridized carbons (Fsp3) is 0.231. The van der Waals surface area contributed by atoms with Gasteiger partial charge in [0, 0.05) is 12.8 Å². The van der Waals surface area contributed by atoms with Crippen molar-refractivity contribution >= 4 is 23.7 Å². The summed E-state index contributed by atoms with van der Waals surface area (Å²) < 4.78 is 14.4. The van der Waals surface area contributed by atoms with Crippen molar-refractivity contribution in [2.75, 3.05) is 0 Å². The number of hydrogen-bond donors (Lipinski definition) is 3. The normalized spacial score (nSPS) is 21.6. The highest BCUT2D eigenvalue weighted by atomic mass is 19.1. The molecular weight excluding hydrogens is 283 g/mol. The van der Waals surface area contributed by atoms with Crippen molar-refractivity contribution in [3.05, 3.63) is 35.4 Å². The van der Waals surface area contributed by atoms with Crippen molar-refractivity contribution < 1.29 is 28.7 Å². The second-order valence-electron chi connectivity index (χ2n) is 4.48. The van der Waals surface area contributed by atoms with Gasteiger partial charge >= 0.3 is 5.97 Å². The SMILES string of the molecule is O=C1CCC(F)(NC(=O)c2ccccc2C(=O)O)C(=O)N1. The number of hydrogen-bond acceptors (Lipinski definition) is 4. The molecule has 1 heterocycles. The highest BCUT2D eigenvalue weighted by molar-refractivity contribution is 6.08. The largest absolute Gasteiger partial charge is 0.478 e. The van der Waals surface area contributed by atoms with Gasteiger partial charge in [0.1, 0.15) is 0 Å². The molecule has 1 aromatic carbocycles. The number of carbonyl (C=O) groups excluding carboxylic acids is 3. The maximum Gasteiger partial charge on any atom is 0.336 e. The minimum Gasteiger partial charge on any atom is -0.478 e. The summed E-state index contributed by atoms with van der Waals surface area (Å²) in [6.45, 7) is 0. The molecule has 0 aliphatic carbocycles. The molecule has 21 heavy (non-hydrogen) atoms. The number of imide groups is 1. The minimum atomic E-state index is -2.74. The number of rotatable bonds is 3. The van der Waals surface area contributed by atoms with E-state index < -0.39 is 35.9 Å². The zero-order chi connectivity index (χ0) is 15.6. The molecule has 8 heteroatoms. The second kappa shape index (κ2) is 5.31. The van der Waals surface area contributed by atoms with Crippen molar-refractivity contribution in [3.63, 3.8) is 0 Å². The average Bonchev–Trinajstić information content (AvgIpc) is 2.43. The first-order valence-electron chi connectivity index (χ1n) is 6.01. The quantitative estimate of drug-likeness (QED) is 0.545. The molecule has 0 saturated carbocycles. The van der Waals surface area contributed by atoms with Gasteiger partial charge in [-0.05, 0) is 12.1 Å². The topological polar surface area (TPSA) is 113 Å². The molecular formula is C13H11FN2O5. The predicted molar refractivity (Wildman–Crippen MR) is 67.1 cm³/mol. The van der Waals surface area contributed by atoms with E-state index in [0.29, 0.717) is 0 Å². The van der Waals surface area contributed by atoms with Crippen molar-refractivity contribution in [1.29, 1.82) is 0 Å². The van der Waals surface area contributed by atoms with E-state index in [1.54, 1.807) is 5.32 Å². The van der Waals surface area contributed by atoms with Crippen LogP contribution in [0.1, 0.15) is 33.6 Å². The van der Waals surface area contributed by atoms with Gasteiger partial charge in [-0.1, -0.05) is 12.1 Å². The van der Waals surface area contributed by atoms with Crippen LogP contribution in [0.4, 0.5) is 4.39 Å². The monoisotopic (exact) mass is 294 g/mol. The summed E-state index contributed by atoms with van der Waals surface area (Å²) in [5, 5.41) is 12.6. The summed E-state index contributed by atoms with van der Waals surface area (Å²) in [5.74, 6) is -7.03. The number of benzene rings is 1. The third-order valence-electron chi connectivity index (χ3n) is 3.02. The molecule has 3 amide bonds. The lowest BCUT2D eigenvalue weighted by Crippen LogP contribution is -2.60. The highest BCUT2D eigenvalue weighted by Crippen LogP contribution is 2.21. The molecule has 1 fully saturated rings. The van der Waals surface area contributed by atoms with E-state index in [2.05, 4.69) is 0 Å². The van der Waals surface area contributed by atoms with Crippen molar-refractivity contribution in [1.82, 2.24) is 10.6 Å². The molecule has 3 N–H and O–H groups in total. The van der Waals surface area contributed by atoms with Crippen LogP contribution >= 0.6 is 0 Å². The summed E-state index contributed by atoms with van der Waals surface area (Å²) in [7, 11) is 0. The number of carboxylic acids is 1. The van der Waals surface area contributed by atoms with Gasteiger partial charge in [0.05, 0.1) is 11.1 Å². The van der Waals surface area contributed by atoms with Gasteiger partial charge < -0.3 is 10.4 Å². The summed E-state index contributed by atoms with van der Waals surface area (Å²) >= 11 is 0.